The fourth-order valence-corrected chi connectivity index (χ4v) is 4.00. The Balaban J connectivity index is 1.83. The van der Waals surface area contributed by atoms with Crippen LogP contribution in [0.25, 0.3) is 0 Å². The monoisotopic (exact) mass is 300 g/mol. The normalized spacial score (nSPS) is 16.8. The maximum absolute atomic E-state index is 12.1. The average molecular weight is 301 g/mol. The zero-order valence-corrected chi connectivity index (χ0v) is 13.2. The number of Topliss-reactive ketones (excluding diaryl/α,β-unsaturated/α-hetero) is 1. The summed E-state index contributed by atoms with van der Waals surface area (Å²) in [6.45, 7) is 1.91. The second-order valence-corrected chi connectivity index (χ2v) is 6.91. The lowest BCUT2D eigenvalue weighted by Gasteiger charge is -2.20. The predicted octanol–water partition coefficient (Wildman–Crippen LogP) is 3.56. The number of rotatable bonds is 5. The topological polar surface area (TPSA) is 34.9 Å². The highest BCUT2D eigenvalue weighted by Gasteiger charge is 2.18. The Kier molecular flexibility index (Phi) is 5.34. The summed E-state index contributed by atoms with van der Waals surface area (Å²) in [4.78, 5) is 12.1. The van der Waals surface area contributed by atoms with Gasteiger partial charge in [-0.3, -0.25) is 9.48 Å². The fraction of sp³-hybridized carbons (Fsp3) is 0.714. The van der Waals surface area contributed by atoms with Crippen LogP contribution in [0.3, 0.4) is 0 Å². The van der Waals surface area contributed by atoms with Crippen LogP contribution in [0, 0.1) is 6.92 Å². The van der Waals surface area contributed by atoms with E-state index in [4.69, 9.17) is 11.6 Å². The van der Waals surface area contributed by atoms with E-state index in [1.54, 1.807) is 11.7 Å². The summed E-state index contributed by atoms with van der Waals surface area (Å²) >= 11 is 7.97. The number of thioether (sulfide) groups is 1. The van der Waals surface area contributed by atoms with E-state index in [9.17, 15) is 4.79 Å². The fourth-order valence-electron chi connectivity index (χ4n) is 2.57. The molecule has 2 rings (SSSR count). The van der Waals surface area contributed by atoms with E-state index in [0.717, 1.165) is 11.3 Å². The molecule has 5 heteroatoms. The van der Waals surface area contributed by atoms with Crippen LogP contribution in [-0.2, 0) is 18.3 Å². The summed E-state index contributed by atoms with van der Waals surface area (Å²) in [5, 5.41) is 5.51. The summed E-state index contributed by atoms with van der Waals surface area (Å²) in [5.41, 5.74) is 1.75. The number of carbonyl (C=O) groups excluding carboxylic acids is 1. The van der Waals surface area contributed by atoms with Gasteiger partial charge in [0, 0.05) is 24.3 Å². The molecular weight excluding hydrogens is 280 g/mol. The van der Waals surface area contributed by atoms with Gasteiger partial charge in [0.2, 0.25) is 0 Å². The van der Waals surface area contributed by atoms with E-state index in [0.29, 0.717) is 22.6 Å². The lowest BCUT2D eigenvalue weighted by Crippen LogP contribution is -2.13. The lowest BCUT2D eigenvalue weighted by molar-refractivity contribution is -0.116. The molecule has 1 aliphatic rings. The number of carbonyl (C=O) groups is 1. The van der Waals surface area contributed by atoms with E-state index in [1.165, 1.54) is 32.1 Å². The molecule has 0 spiro atoms. The highest BCUT2D eigenvalue weighted by Crippen LogP contribution is 2.28. The van der Waals surface area contributed by atoms with Crippen LogP contribution in [-0.4, -0.2) is 26.6 Å². The molecule has 1 fully saturated rings. The third-order valence-electron chi connectivity index (χ3n) is 3.68. The van der Waals surface area contributed by atoms with Gasteiger partial charge in [-0.05, 0) is 19.8 Å². The van der Waals surface area contributed by atoms with Crippen LogP contribution in [0.5, 0.6) is 0 Å². The number of aryl methyl sites for hydroxylation is 2. The molecule has 0 atom stereocenters. The predicted molar refractivity (Wildman–Crippen MR) is 81.0 cm³/mol. The number of halogens is 1. The van der Waals surface area contributed by atoms with E-state index < -0.39 is 0 Å². The molecular formula is C14H21ClN2OS. The van der Waals surface area contributed by atoms with Crippen LogP contribution >= 0.6 is 23.4 Å². The van der Waals surface area contributed by atoms with Crippen molar-refractivity contribution in [2.75, 3.05) is 5.75 Å². The quantitative estimate of drug-likeness (QED) is 0.834. The number of hydrogen-bond acceptors (Lipinski definition) is 3. The van der Waals surface area contributed by atoms with Gasteiger partial charge in [0.1, 0.15) is 10.9 Å². The lowest BCUT2D eigenvalue weighted by atomic mass is 10.0. The maximum Gasteiger partial charge on any atom is 0.147 e. The molecule has 3 nitrogen and oxygen atoms in total. The van der Waals surface area contributed by atoms with Crippen molar-refractivity contribution < 1.29 is 4.79 Å². The molecule has 0 aromatic carbocycles. The van der Waals surface area contributed by atoms with Crippen LogP contribution < -0.4 is 0 Å². The van der Waals surface area contributed by atoms with Crippen LogP contribution in [0.15, 0.2) is 0 Å². The summed E-state index contributed by atoms with van der Waals surface area (Å²) in [6, 6.07) is 0. The van der Waals surface area contributed by atoms with Crippen molar-refractivity contribution in [1.82, 2.24) is 9.78 Å². The Hall–Kier alpha value is -0.480. The van der Waals surface area contributed by atoms with Crippen molar-refractivity contribution in [3.05, 3.63) is 16.4 Å². The molecule has 1 heterocycles. The van der Waals surface area contributed by atoms with Gasteiger partial charge in [-0.2, -0.15) is 16.9 Å². The largest absolute Gasteiger partial charge is 0.298 e. The summed E-state index contributed by atoms with van der Waals surface area (Å²) in [7, 11) is 1.81. The maximum atomic E-state index is 12.1. The average Bonchev–Trinajstić information content (AvgIpc) is 2.64. The molecule has 0 N–H and O–H groups in total. The highest BCUT2D eigenvalue weighted by atomic mass is 35.5. The van der Waals surface area contributed by atoms with Crippen molar-refractivity contribution >= 4 is 29.1 Å². The van der Waals surface area contributed by atoms with Gasteiger partial charge in [-0.25, -0.2) is 0 Å². The third-order valence-corrected chi connectivity index (χ3v) is 5.58. The van der Waals surface area contributed by atoms with E-state index in [-0.39, 0.29) is 5.78 Å². The van der Waals surface area contributed by atoms with E-state index >= 15 is 0 Å². The van der Waals surface area contributed by atoms with Gasteiger partial charge >= 0.3 is 0 Å². The van der Waals surface area contributed by atoms with Crippen molar-refractivity contribution in [3.63, 3.8) is 0 Å². The first-order chi connectivity index (χ1) is 9.08. The molecule has 1 saturated carbocycles. The van der Waals surface area contributed by atoms with Gasteiger partial charge in [0.05, 0.1) is 11.4 Å². The molecule has 0 amide bonds. The molecule has 106 valence electrons. The molecule has 0 unspecified atom stereocenters. The number of ketones is 1. The molecule has 19 heavy (non-hydrogen) atoms. The standard InChI is InChI=1S/C14H21ClN2OS/c1-10-13(14(15)17(2)16-10)8-11(18)9-19-12-6-4-3-5-7-12/h12H,3-9H2,1-2H3. The molecule has 0 saturated heterocycles. The van der Waals surface area contributed by atoms with Crippen LogP contribution in [0.1, 0.15) is 43.4 Å². The van der Waals surface area contributed by atoms with Crippen LogP contribution in [0.2, 0.25) is 5.15 Å². The molecule has 0 aliphatic heterocycles. The van der Waals surface area contributed by atoms with E-state index in [2.05, 4.69) is 5.10 Å². The minimum Gasteiger partial charge on any atom is -0.298 e. The first kappa shape index (κ1) is 14.9. The SMILES string of the molecule is Cc1nn(C)c(Cl)c1CC(=O)CSC1CCCCC1. The summed E-state index contributed by atoms with van der Waals surface area (Å²) in [6.07, 6.45) is 6.95. The van der Waals surface area contributed by atoms with Gasteiger partial charge in [0.15, 0.2) is 0 Å². The number of aromatic nitrogens is 2. The Labute approximate surface area is 124 Å². The Morgan fingerprint density at radius 2 is 2.11 bits per heavy atom. The molecule has 1 aromatic rings. The van der Waals surface area contributed by atoms with Gasteiger partial charge in [-0.1, -0.05) is 30.9 Å². The van der Waals surface area contributed by atoms with Crippen molar-refractivity contribution in [2.24, 2.45) is 7.05 Å². The van der Waals surface area contributed by atoms with Crippen molar-refractivity contribution in [3.8, 4) is 0 Å². The second kappa shape index (κ2) is 6.80. The van der Waals surface area contributed by atoms with E-state index in [1.807, 2.05) is 18.7 Å². The Morgan fingerprint density at radius 1 is 1.42 bits per heavy atom. The van der Waals surface area contributed by atoms with Crippen molar-refractivity contribution in [2.45, 2.75) is 50.7 Å². The molecule has 1 aromatic heterocycles. The first-order valence-electron chi connectivity index (χ1n) is 6.89. The van der Waals surface area contributed by atoms with Gasteiger partial charge in [-0.15, -0.1) is 0 Å². The minimum atomic E-state index is 0.258. The van der Waals surface area contributed by atoms with Gasteiger partial charge in [0.25, 0.3) is 0 Å². The Morgan fingerprint density at radius 3 is 2.68 bits per heavy atom. The number of hydrogen-bond donors (Lipinski definition) is 0. The molecule has 0 radical (unpaired) electrons. The Bertz CT molecular complexity index is 453. The van der Waals surface area contributed by atoms with Gasteiger partial charge < -0.3 is 0 Å². The highest BCUT2D eigenvalue weighted by molar-refractivity contribution is 8.00. The minimum absolute atomic E-state index is 0.258. The smallest absolute Gasteiger partial charge is 0.147 e. The molecule has 1 aliphatic carbocycles. The summed E-state index contributed by atoms with van der Waals surface area (Å²) < 4.78 is 1.63. The second-order valence-electron chi connectivity index (χ2n) is 5.26. The zero-order valence-electron chi connectivity index (χ0n) is 11.6. The first-order valence-corrected chi connectivity index (χ1v) is 8.32. The summed E-state index contributed by atoms with van der Waals surface area (Å²) in [5.74, 6) is 0.864. The molecule has 0 bridgehead atoms. The third kappa shape index (κ3) is 3.99. The van der Waals surface area contributed by atoms with Crippen LogP contribution in [0.4, 0.5) is 0 Å². The zero-order chi connectivity index (χ0) is 13.8. The van der Waals surface area contributed by atoms with Crippen molar-refractivity contribution in [1.29, 1.82) is 0 Å². The number of nitrogens with zero attached hydrogens (tertiary/aromatic N) is 2.